The van der Waals surface area contributed by atoms with Gasteiger partial charge in [0.2, 0.25) is 0 Å². The molecular weight excluding hydrogens is 295 g/mol. The fourth-order valence-corrected chi connectivity index (χ4v) is 1.98. The number of Topliss-reactive ketones (excluding diaryl/α,β-unsaturated/α-hetero) is 2. The van der Waals surface area contributed by atoms with Gasteiger partial charge in [0.05, 0.1) is 11.4 Å². The van der Waals surface area contributed by atoms with Gasteiger partial charge in [-0.1, -0.05) is 27.5 Å². The third-order valence-electron chi connectivity index (χ3n) is 1.89. The smallest absolute Gasteiger partial charge is 0.171 e. The molecule has 0 spiro atoms. The summed E-state index contributed by atoms with van der Waals surface area (Å²) in [6.45, 7) is -0.0557. The summed E-state index contributed by atoms with van der Waals surface area (Å²) in [5.74, 6) is -0.550. The van der Waals surface area contributed by atoms with Crippen LogP contribution in [0.2, 0.25) is 5.02 Å². The van der Waals surface area contributed by atoms with Crippen molar-refractivity contribution < 1.29 is 14.3 Å². The predicted octanol–water partition coefficient (Wildman–Crippen LogP) is 2.89. The fraction of sp³-hybridized carbons (Fsp3) is 0.273. The van der Waals surface area contributed by atoms with E-state index in [1.807, 2.05) is 0 Å². The van der Waals surface area contributed by atoms with Crippen LogP contribution in [0.5, 0.6) is 0 Å². The minimum atomic E-state index is -0.292. The lowest BCUT2D eigenvalue weighted by atomic mass is 10.1. The summed E-state index contributed by atoms with van der Waals surface area (Å²) in [6.07, 6.45) is -0.185. The topological polar surface area (TPSA) is 43.4 Å². The molecule has 0 fully saturated rings. The van der Waals surface area contributed by atoms with Crippen LogP contribution >= 0.6 is 27.5 Å². The van der Waals surface area contributed by atoms with E-state index in [2.05, 4.69) is 20.7 Å². The molecule has 0 unspecified atom stereocenters. The molecule has 0 saturated carbocycles. The van der Waals surface area contributed by atoms with Crippen LogP contribution in [0, 0.1) is 0 Å². The minimum absolute atomic E-state index is 0.0557. The molecule has 0 aromatic heterocycles. The van der Waals surface area contributed by atoms with Gasteiger partial charge in [0.25, 0.3) is 0 Å². The van der Waals surface area contributed by atoms with Crippen LogP contribution < -0.4 is 0 Å². The highest BCUT2D eigenvalue weighted by Crippen LogP contribution is 2.22. The summed E-state index contributed by atoms with van der Waals surface area (Å²) in [7, 11) is 1.41. The maximum absolute atomic E-state index is 11.7. The van der Waals surface area contributed by atoms with Gasteiger partial charge in [0.15, 0.2) is 11.6 Å². The van der Waals surface area contributed by atoms with E-state index >= 15 is 0 Å². The lowest BCUT2D eigenvalue weighted by Gasteiger charge is -2.03. The van der Waals surface area contributed by atoms with Gasteiger partial charge >= 0.3 is 0 Å². The zero-order valence-corrected chi connectivity index (χ0v) is 11.0. The van der Waals surface area contributed by atoms with Crippen molar-refractivity contribution in [2.24, 2.45) is 0 Å². The first kappa shape index (κ1) is 13.4. The lowest BCUT2D eigenvalue weighted by Crippen LogP contribution is -2.13. The summed E-state index contributed by atoms with van der Waals surface area (Å²) in [6, 6.07) is 4.92. The van der Waals surface area contributed by atoms with Crippen LogP contribution in [0.4, 0.5) is 0 Å². The number of methoxy groups -OCH3 is 1. The molecule has 5 heteroatoms. The Morgan fingerprint density at radius 3 is 2.69 bits per heavy atom. The van der Waals surface area contributed by atoms with E-state index in [-0.39, 0.29) is 24.6 Å². The molecule has 0 aliphatic carbocycles. The first-order chi connectivity index (χ1) is 7.54. The number of carbonyl (C=O) groups is 2. The van der Waals surface area contributed by atoms with Crippen molar-refractivity contribution in [2.75, 3.05) is 13.7 Å². The van der Waals surface area contributed by atoms with Crippen molar-refractivity contribution in [2.45, 2.75) is 6.42 Å². The van der Waals surface area contributed by atoms with Gasteiger partial charge in [-0.3, -0.25) is 9.59 Å². The van der Waals surface area contributed by atoms with Crippen LogP contribution in [0.25, 0.3) is 0 Å². The molecule has 0 N–H and O–H groups in total. The van der Waals surface area contributed by atoms with Crippen molar-refractivity contribution >= 4 is 39.1 Å². The van der Waals surface area contributed by atoms with Crippen LogP contribution in [-0.4, -0.2) is 25.3 Å². The van der Waals surface area contributed by atoms with Crippen LogP contribution in [0.3, 0.4) is 0 Å². The number of ether oxygens (including phenoxy) is 1. The van der Waals surface area contributed by atoms with E-state index in [0.29, 0.717) is 10.6 Å². The first-order valence-electron chi connectivity index (χ1n) is 4.53. The highest BCUT2D eigenvalue weighted by molar-refractivity contribution is 9.10. The Morgan fingerprint density at radius 2 is 2.12 bits per heavy atom. The second kappa shape index (κ2) is 6.13. The van der Waals surface area contributed by atoms with Gasteiger partial charge in [0.1, 0.15) is 6.61 Å². The predicted molar refractivity (Wildman–Crippen MR) is 65.0 cm³/mol. The van der Waals surface area contributed by atoms with Gasteiger partial charge in [-0.15, -0.1) is 0 Å². The molecule has 3 nitrogen and oxygen atoms in total. The Balaban J connectivity index is 2.77. The molecule has 0 aliphatic heterocycles. The van der Waals surface area contributed by atoms with Crippen LogP contribution in [-0.2, 0) is 9.53 Å². The monoisotopic (exact) mass is 304 g/mol. The summed E-state index contributed by atoms with van der Waals surface area (Å²) in [5, 5.41) is 0.338. The van der Waals surface area contributed by atoms with Gasteiger partial charge < -0.3 is 4.74 Å². The van der Waals surface area contributed by atoms with Crippen molar-refractivity contribution in [3.63, 3.8) is 0 Å². The van der Waals surface area contributed by atoms with Crippen LogP contribution in [0.1, 0.15) is 16.8 Å². The maximum Gasteiger partial charge on any atom is 0.171 e. The van der Waals surface area contributed by atoms with Crippen LogP contribution in [0.15, 0.2) is 22.7 Å². The zero-order valence-electron chi connectivity index (χ0n) is 8.63. The molecule has 0 saturated heterocycles. The van der Waals surface area contributed by atoms with E-state index in [0.717, 1.165) is 4.47 Å². The Kier molecular flexibility index (Phi) is 5.12. The molecule has 16 heavy (non-hydrogen) atoms. The molecule has 1 aromatic carbocycles. The molecule has 0 radical (unpaired) electrons. The van der Waals surface area contributed by atoms with Gasteiger partial charge in [0, 0.05) is 17.1 Å². The average Bonchev–Trinajstić information content (AvgIpc) is 2.17. The third-order valence-corrected chi connectivity index (χ3v) is 2.70. The number of benzene rings is 1. The molecule has 0 heterocycles. The fourth-order valence-electron chi connectivity index (χ4n) is 1.20. The molecule has 0 amide bonds. The van der Waals surface area contributed by atoms with E-state index in [9.17, 15) is 9.59 Å². The van der Waals surface area contributed by atoms with Crippen molar-refractivity contribution in [1.29, 1.82) is 0 Å². The number of halogens is 2. The third kappa shape index (κ3) is 3.70. The number of hydrogen-bond acceptors (Lipinski definition) is 3. The lowest BCUT2D eigenvalue weighted by molar-refractivity contribution is -0.121. The largest absolute Gasteiger partial charge is 0.377 e. The average molecular weight is 306 g/mol. The Hall–Kier alpha value is -0.710. The van der Waals surface area contributed by atoms with Gasteiger partial charge in [-0.2, -0.15) is 0 Å². The number of ketones is 2. The molecule has 0 bridgehead atoms. The standard InChI is InChI=1S/C11H10BrClO3/c1-16-6-8(14)5-11(15)9-3-2-7(12)4-10(9)13/h2-4H,5-6H2,1H3. The van der Waals surface area contributed by atoms with E-state index in [1.54, 1.807) is 18.2 Å². The number of carbonyl (C=O) groups excluding carboxylic acids is 2. The quantitative estimate of drug-likeness (QED) is 0.620. The molecule has 0 aliphatic rings. The molecule has 1 rings (SSSR count). The Morgan fingerprint density at radius 1 is 1.44 bits per heavy atom. The summed E-state index contributed by atoms with van der Waals surface area (Å²) >= 11 is 9.13. The highest BCUT2D eigenvalue weighted by Gasteiger charge is 2.14. The highest BCUT2D eigenvalue weighted by atomic mass is 79.9. The maximum atomic E-state index is 11.7. The number of hydrogen-bond donors (Lipinski definition) is 0. The van der Waals surface area contributed by atoms with Crippen molar-refractivity contribution in [3.8, 4) is 0 Å². The van der Waals surface area contributed by atoms with Crippen molar-refractivity contribution in [1.82, 2.24) is 0 Å². The summed E-state index contributed by atoms with van der Waals surface area (Å²) < 4.78 is 5.44. The molecule has 86 valence electrons. The number of rotatable bonds is 5. The normalized spacial score (nSPS) is 10.2. The zero-order chi connectivity index (χ0) is 12.1. The second-order valence-electron chi connectivity index (χ2n) is 3.20. The van der Waals surface area contributed by atoms with E-state index < -0.39 is 0 Å². The van der Waals surface area contributed by atoms with E-state index in [1.165, 1.54) is 7.11 Å². The first-order valence-corrected chi connectivity index (χ1v) is 5.70. The van der Waals surface area contributed by atoms with Gasteiger partial charge in [-0.25, -0.2) is 0 Å². The summed E-state index contributed by atoms with van der Waals surface area (Å²) in [4.78, 5) is 22.9. The summed E-state index contributed by atoms with van der Waals surface area (Å²) in [5.41, 5.74) is 0.356. The second-order valence-corrected chi connectivity index (χ2v) is 4.52. The Labute approximate surface area is 107 Å². The molecule has 1 aromatic rings. The van der Waals surface area contributed by atoms with Gasteiger partial charge in [-0.05, 0) is 18.2 Å². The SMILES string of the molecule is COCC(=O)CC(=O)c1ccc(Br)cc1Cl. The minimum Gasteiger partial charge on any atom is -0.377 e. The van der Waals surface area contributed by atoms with Crippen molar-refractivity contribution in [3.05, 3.63) is 33.3 Å². The molecular formula is C11H10BrClO3. The molecule has 0 atom stereocenters. The Bertz CT molecular complexity index is 418. The van der Waals surface area contributed by atoms with E-state index in [4.69, 9.17) is 11.6 Å².